The van der Waals surface area contributed by atoms with E-state index in [1.54, 1.807) is 12.1 Å². The number of carboxylic acid groups (broad SMARTS) is 1. The summed E-state index contributed by atoms with van der Waals surface area (Å²) in [6.07, 6.45) is 0.138. The highest BCUT2D eigenvalue weighted by molar-refractivity contribution is 5.76. The maximum atomic E-state index is 13.4. The number of rotatable bonds is 7. The third kappa shape index (κ3) is 4.60. The number of hydrogen-bond acceptors (Lipinski definition) is 4. The van der Waals surface area contributed by atoms with Crippen molar-refractivity contribution in [3.05, 3.63) is 89.5 Å². The minimum Gasteiger partial charge on any atom is -0.480 e. The van der Waals surface area contributed by atoms with Gasteiger partial charge in [-0.15, -0.1) is 0 Å². The Labute approximate surface area is 178 Å². The van der Waals surface area contributed by atoms with E-state index in [9.17, 15) is 19.6 Å². The van der Waals surface area contributed by atoms with E-state index in [0.717, 1.165) is 16.7 Å². The van der Waals surface area contributed by atoms with Gasteiger partial charge in [-0.05, 0) is 41.0 Å². The summed E-state index contributed by atoms with van der Waals surface area (Å²) >= 11 is 0. The summed E-state index contributed by atoms with van der Waals surface area (Å²) in [6, 6.07) is 20.5. The molecule has 6 nitrogen and oxygen atoms in total. The highest BCUT2D eigenvalue weighted by atomic mass is 19.1. The van der Waals surface area contributed by atoms with Crippen LogP contribution in [0.5, 0.6) is 0 Å². The molecule has 0 aliphatic rings. The van der Waals surface area contributed by atoms with Crippen LogP contribution in [-0.4, -0.2) is 27.1 Å². The van der Waals surface area contributed by atoms with Gasteiger partial charge >= 0.3 is 5.97 Å². The molecule has 3 N–H and O–H groups in total. The van der Waals surface area contributed by atoms with Crippen molar-refractivity contribution in [2.45, 2.75) is 19.0 Å². The normalized spacial score (nSPS) is 11.9. The minimum absolute atomic E-state index is 0.138. The van der Waals surface area contributed by atoms with E-state index < -0.39 is 12.0 Å². The quantitative estimate of drug-likeness (QED) is 0.424. The molecule has 1 heterocycles. The molecule has 0 saturated carbocycles. The number of aromatic nitrogens is 2. The number of halogens is 1. The van der Waals surface area contributed by atoms with Gasteiger partial charge in [-0.1, -0.05) is 42.5 Å². The van der Waals surface area contributed by atoms with Crippen LogP contribution >= 0.6 is 0 Å². The number of hydrogen-bond donors (Lipinski definition) is 3. The molecular formula is C24H19FN4O2. The molecule has 7 heteroatoms. The van der Waals surface area contributed by atoms with Gasteiger partial charge in [-0.3, -0.25) is 10.1 Å². The lowest BCUT2D eigenvalue weighted by Gasteiger charge is -2.13. The predicted molar refractivity (Wildman–Crippen MR) is 115 cm³/mol. The Morgan fingerprint density at radius 1 is 1.16 bits per heavy atom. The molecule has 154 valence electrons. The van der Waals surface area contributed by atoms with Crippen LogP contribution in [0.2, 0.25) is 0 Å². The summed E-state index contributed by atoms with van der Waals surface area (Å²) in [4.78, 5) is 19.0. The lowest BCUT2D eigenvalue weighted by atomic mass is 9.99. The number of aliphatic carboxylic acids is 1. The topological polar surface area (TPSA) is 102 Å². The number of imidazole rings is 1. The summed E-state index contributed by atoms with van der Waals surface area (Å²) in [7, 11) is 0. The largest absolute Gasteiger partial charge is 0.480 e. The van der Waals surface area contributed by atoms with E-state index in [4.69, 9.17) is 0 Å². The molecule has 4 rings (SSSR count). The average Bonchev–Trinajstić information content (AvgIpc) is 3.18. The SMILES string of the molecule is N#Cc1ccccc1-c1ccc(CN[C@H](Cc2nc3ccc(F)cc3[nH]2)C(=O)O)cc1. The number of H-pyrrole nitrogens is 1. The number of carboxylic acids is 1. The van der Waals surface area contributed by atoms with Crippen LogP contribution in [0.4, 0.5) is 4.39 Å². The van der Waals surface area contributed by atoms with E-state index in [2.05, 4.69) is 21.4 Å². The van der Waals surface area contributed by atoms with Gasteiger partial charge in [0, 0.05) is 13.0 Å². The fourth-order valence-electron chi connectivity index (χ4n) is 3.45. The molecule has 0 aliphatic carbocycles. The predicted octanol–water partition coefficient (Wildman–Crippen LogP) is 4.03. The second-order valence-electron chi connectivity index (χ2n) is 7.18. The number of nitrogens with zero attached hydrogens (tertiary/aromatic N) is 2. The smallest absolute Gasteiger partial charge is 0.321 e. The van der Waals surface area contributed by atoms with Gasteiger partial charge in [0.1, 0.15) is 17.7 Å². The first-order chi connectivity index (χ1) is 15.0. The van der Waals surface area contributed by atoms with E-state index in [1.807, 2.05) is 42.5 Å². The molecule has 0 unspecified atom stereocenters. The molecule has 0 amide bonds. The minimum atomic E-state index is -0.994. The van der Waals surface area contributed by atoms with E-state index in [0.29, 0.717) is 29.0 Å². The van der Waals surface area contributed by atoms with Crippen molar-refractivity contribution in [3.8, 4) is 17.2 Å². The van der Waals surface area contributed by atoms with Crippen molar-refractivity contribution in [2.75, 3.05) is 0 Å². The Morgan fingerprint density at radius 3 is 2.68 bits per heavy atom. The van der Waals surface area contributed by atoms with Crippen molar-refractivity contribution in [3.63, 3.8) is 0 Å². The molecule has 4 aromatic rings. The van der Waals surface area contributed by atoms with E-state index >= 15 is 0 Å². The van der Waals surface area contributed by atoms with Crippen LogP contribution < -0.4 is 5.32 Å². The lowest BCUT2D eigenvalue weighted by Crippen LogP contribution is -2.38. The second kappa shape index (κ2) is 8.78. The zero-order chi connectivity index (χ0) is 21.8. The summed E-state index contributed by atoms with van der Waals surface area (Å²) < 4.78 is 13.4. The molecular weight excluding hydrogens is 395 g/mol. The number of nitriles is 1. The Bertz CT molecular complexity index is 1270. The fourth-order valence-corrected chi connectivity index (χ4v) is 3.45. The zero-order valence-electron chi connectivity index (χ0n) is 16.5. The first kappa shape index (κ1) is 20.3. The first-order valence-corrected chi connectivity index (χ1v) is 9.72. The van der Waals surface area contributed by atoms with E-state index in [-0.39, 0.29) is 12.2 Å². The first-order valence-electron chi connectivity index (χ1n) is 9.72. The molecule has 0 fully saturated rings. The second-order valence-corrected chi connectivity index (χ2v) is 7.18. The number of nitrogens with one attached hydrogen (secondary N) is 2. The molecule has 3 aromatic carbocycles. The number of benzene rings is 3. The van der Waals surface area contributed by atoms with E-state index in [1.165, 1.54) is 12.1 Å². The fraction of sp³-hybridized carbons (Fsp3) is 0.125. The Hall–Kier alpha value is -4.02. The highest BCUT2D eigenvalue weighted by Gasteiger charge is 2.19. The van der Waals surface area contributed by atoms with Crippen molar-refractivity contribution >= 4 is 17.0 Å². The third-order valence-electron chi connectivity index (χ3n) is 5.05. The van der Waals surface area contributed by atoms with Crippen LogP contribution in [0, 0.1) is 17.1 Å². The Balaban J connectivity index is 1.44. The van der Waals surface area contributed by atoms with Crippen LogP contribution in [0.25, 0.3) is 22.2 Å². The molecule has 1 aromatic heterocycles. The van der Waals surface area contributed by atoms with Gasteiger partial charge in [0.2, 0.25) is 0 Å². The molecule has 0 aliphatic heterocycles. The Kier molecular flexibility index (Phi) is 5.74. The third-order valence-corrected chi connectivity index (χ3v) is 5.05. The van der Waals surface area contributed by atoms with Crippen LogP contribution in [0.15, 0.2) is 66.7 Å². The lowest BCUT2D eigenvalue weighted by molar-refractivity contribution is -0.139. The number of carbonyl (C=O) groups is 1. The molecule has 0 bridgehead atoms. The van der Waals surface area contributed by atoms with Gasteiger partial charge in [0.25, 0.3) is 0 Å². The molecule has 0 radical (unpaired) electrons. The molecule has 31 heavy (non-hydrogen) atoms. The van der Waals surface area contributed by atoms with Crippen molar-refractivity contribution in [2.24, 2.45) is 0 Å². The van der Waals surface area contributed by atoms with Gasteiger partial charge in [-0.25, -0.2) is 9.37 Å². The molecule has 0 spiro atoms. The summed E-state index contributed by atoms with van der Waals surface area (Å²) in [6.45, 7) is 0.353. The van der Waals surface area contributed by atoms with Crippen molar-refractivity contribution < 1.29 is 14.3 Å². The van der Waals surface area contributed by atoms with Crippen LogP contribution in [0.1, 0.15) is 17.0 Å². The van der Waals surface area contributed by atoms with Gasteiger partial charge < -0.3 is 10.1 Å². The summed E-state index contributed by atoms with van der Waals surface area (Å²) in [5.74, 6) is -0.897. The summed E-state index contributed by atoms with van der Waals surface area (Å²) in [5.41, 5.74) is 4.42. The maximum Gasteiger partial charge on any atom is 0.321 e. The van der Waals surface area contributed by atoms with Crippen LogP contribution in [-0.2, 0) is 17.8 Å². The van der Waals surface area contributed by atoms with Gasteiger partial charge in [0.15, 0.2) is 0 Å². The highest BCUT2D eigenvalue weighted by Crippen LogP contribution is 2.23. The number of fused-ring (bicyclic) bond motifs is 1. The average molecular weight is 414 g/mol. The standard InChI is InChI=1S/C24H19FN4O2/c25-18-9-10-20-21(11-18)29-23(28-20)12-22(24(30)31)27-14-15-5-7-16(8-6-15)19-4-2-1-3-17(19)13-26/h1-11,22,27H,12,14H2,(H,28,29)(H,30,31)/t22-/m1/s1. The van der Waals surface area contributed by atoms with Gasteiger partial charge in [-0.2, -0.15) is 5.26 Å². The Morgan fingerprint density at radius 2 is 1.94 bits per heavy atom. The maximum absolute atomic E-state index is 13.4. The van der Waals surface area contributed by atoms with Crippen LogP contribution in [0.3, 0.4) is 0 Å². The number of aromatic amines is 1. The monoisotopic (exact) mass is 414 g/mol. The van der Waals surface area contributed by atoms with Gasteiger partial charge in [0.05, 0.1) is 22.7 Å². The molecule has 1 atom stereocenters. The van der Waals surface area contributed by atoms with Crippen molar-refractivity contribution in [1.82, 2.24) is 15.3 Å². The zero-order valence-corrected chi connectivity index (χ0v) is 16.5. The molecule has 0 saturated heterocycles. The summed E-state index contributed by atoms with van der Waals surface area (Å²) in [5, 5.41) is 21.9. The van der Waals surface area contributed by atoms with Crippen molar-refractivity contribution in [1.29, 1.82) is 5.26 Å².